The number of hydroxylamine groups is 1. The molecule has 1 aromatic heterocycles. The number of nitrogens with zero attached hydrogens (tertiary/aromatic N) is 2. The Morgan fingerprint density at radius 2 is 2.05 bits per heavy atom. The van der Waals surface area contributed by atoms with Gasteiger partial charge in [-0.1, -0.05) is 23.7 Å². The molecule has 0 saturated heterocycles. The van der Waals surface area contributed by atoms with Gasteiger partial charge >= 0.3 is 0 Å². The standard InChI is InChI=1S/C16H13ClN2O3/c1-10(20)19(21-2)14-6-4-3-5-12(14)16-18-13-8-7-11(17)9-15(13)22-16/h3-9H,1-2H3. The number of halogens is 1. The molecule has 0 atom stereocenters. The van der Waals surface area contributed by atoms with Crippen molar-refractivity contribution in [3.05, 3.63) is 47.5 Å². The lowest BCUT2D eigenvalue weighted by Crippen LogP contribution is -2.27. The number of hydrogen-bond acceptors (Lipinski definition) is 4. The highest BCUT2D eigenvalue weighted by Gasteiger charge is 2.19. The molecule has 0 unspecified atom stereocenters. The van der Waals surface area contributed by atoms with Crippen LogP contribution in [0, 0.1) is 0 Å². The summed E-state index contributed by atoms with van der Waals surface area (Å²) in [6, 6.07) is 12.5. The maximum absolute atomic E-state index is 11.7. The van der Waals surface area contributed by atoms with Gasteiger partial charge in [0.2, 0.25) is 11.8 Å². The Morgan fingerprint density at radius 1 is 1.27 bits per heavy atom. The van der Waals surface area contributed by atoms with Crippen LogP contribution in [0.25, 0.3) is 22.6 Å². The van der Waals surface area contributed by atoms with Crippen molar-refractivity contribution in [3.63, 3.8) is 0 Å². The van der Waals surface area contributed by atoms with Crippen molar-refractivity contribution < 1.29 is 14.0 Å². The van der Waals surface area contributed by atoms with Gasteiger partial charge in [0, 0.05) is 18.0 Å². The molecule has 6 heteroatoms. The van der Waals surface area contributed by atoms with Crippen molar-refractivity contribution in [2.24, 2.45) is 0 Å². The van der Waals surface area contributed by atoms with Gasteiger partial charge < -0.3 is 4.42 Å². The zero-order valence-electron chi connectivity index (χ0n) is 12.0. The van der Waals surface area contributed by atoms with E-state index in [9.17, 15) is 4.79 Å². The number of oxazole rings is 1. The second-order valence-electron chi connectivity index (χ2n) is 4.64. The Bertz CT molecular complexity index is 844. The number of anilines is 1. The number of para-hydroxylation sites is 1. The fourth-order valence-electron chi connectivity index (χ4n) is 2.24. The van der Waals surface area contributed by atoms with Gasteiger partial charge in [0.15, 0.2) is 5.58 Å². The number of fused-ring (bicyclic) bond motifs is 1. The second-order valence-corrected chi connectivity index (χ2v) is 5.08. The van der Waals surface area contributed by atoms with Gasteiger partial charge in [-0.25, -0.2) is 4.98 Å². The largest absolute Gasteiger partial charge is 0.436 e. The number of hydrogen-bond donors (Lipinski definition) is 0. The van der Waals surface area contributed by atoms with Gasteiger partial charge in [-0.05, 0) is 24.3 Å². The minimum Gasteiger partial charge on any atom is -0.436 e. The SMILES string of the molecule is CON(C(C)=O)c1ccccc1-c1nc2ccc(Cl)cc2o1. The van der Waals surface area contributed by atoms with E-state index in [0.717, 1.165) is 0 Å². The Morgan fingerprint density at radius 3 is 2.77 bits per heavy atom. The highest BCUT2D eigenvalue weighted by atomic mass is 35.5. The maximum atomic E-state index is 11.7. The van der Waals surface area contributed by atoms with Crippen LogP contribution in [0.3, 0.4) is 0 Å². The maximum Gasteiger partial charge on any atom is 0.247 e. The van der Waals surface area contributed by atoms with E-state index in [4.69, 9.17) is 20.9 Å². The molecular weight excluding hydrogens is 304 g/mol. The fourth-order valence-corrected chi connectivity index (χ4v) is 2.40. The van der Waals surface area contributed by atoms with Crippen molar-refractivity contribution in [2.75, 3.05) is 12.2 Å². The van der Waals surface area contributed by atoms with Gasteiger partial charge in [0.1, 0.15) is 5.52 Å². The van der Waals surface area contributed by atoms with Gasteiger partial charge in [-0.3, -0.25) is 9.63 Å². The zero-order valence-corrected chi connectivity index (χ0v) is 12.8. The lowest BCUT2D eigenvalue weighted by molar-refractivity contribution is -0.122. The van der Waals surface area contributed by atoms with Crippen LogP contribution < -0.4 is 5.06 Å². The van der Waals surface area contributed by atoms with Crippen LogP contribution in [-0.2, 0) is 9.63 Å². The van der Waals surface area contributed by atoms with Gasteiger partial charge in [-0.15, -0.1) is 0 Å². The van der Waals surface area contributed by atoms with Crippen LogP contribution in [0.4, 0.5) is 5.69 Å². The summed E-state index contributed by atoms with van der Waals surface area (Å²) in [6.07, 6.45) is 0. The molecule has 2 aromatic carbocycles. The van der Waals surface area contributed by atoms with E-state index in [0.29, 0.717) is 33.3 Å². The molecule has 3 aromatic rings. The first-order valence-corrected chi connectivity index (χ1v) is 6.98. The topological polar surface area (TPSA) is 55.6 Å². The van der Waals surface area contributed by atoms with Gasteiger partial charge in [0.05, 0.1) is 18.4 Å². The van der Waals surface area contributed by atoms with Crippen molar-refractivity contribution in [3.8, 4) is 11.5 Å². The number of aromatic nitrogens is 1. The van der Waals surface area contributed by atoms with E-state index >= 15 is 0 Å². The molecule has 112 valence electrons. The van der Waals surface area contributed by atoms with Crippen molar-refractivity contribution >= 4 is 34.3 Å². The molecular formula is C16H13ClN2O3. The van der Waals surface area contributed by atoms with Crippen LogP contribution in [0.1, 0.15) is 6.92 Å². The molecule has 0 aliphatic heterocycles. The molecule has 0 N–H and O–H groups in total. The Labute approximate surface area is 132 Å². The first kappa shape index (κ1) is 14.6. The van der Waals surface area contributed by atoms with Crippen molar-refractivity contribution in [1.29, 1.82) is 0 Å². The van der Waals surface area contributed by atoms with E-state index in [1.165, 1.54) is 19.1 Å². The van der Waals surface area contributed by atoms with Crippen molar-refractivity contribution in [2.45, 2.75) is 6.92 Å². The van der Waals surface area contributed by atoms with E-state index in [-0.39, 0.29) is 5.91 Å². The molecule has 1 amide bonds. The lowest BCUT2D eigenvalue weighted by Gasteiger charge is -2.19. The molecule has 0 bridgehead atoms. The number of rotatable bonds is 3. The minimum absolute atomic E-state index is 0.242. The molecule has 0 saturated carbocycles. The average molecular weight is 317 g/mol. The predicted octanol–water partition coefficient (Wildman–Crippen LogP) is 4.06. The number of carbonyl (C=O) groups is 1. The predicted molar refractivity (Wildman–Crippen MR) is 84.6 cm³/mol. The van der Waals surface area contributed by atoms with Gasteiger partial charge in [-0.2, -0.15) is 5.06 Å². The smallest absolute Gasteiger partial charge is 0.247 e. The third kappa shape index (κ3) is 2.56. The Kier molecular flexibility index (Phi) is 3.83. The number of carbonyl (C=O) groups excluding carboxylic acids is 1. The van der Waals surface area contributed by atoms with Crippen LogP contribution >= 0.6 is 11.6 Å². The number of amides is 1. The second kappa shape index (κ2) is 5.79. The summed E-state index contributed by atoms with van der Waals surface area (Å²) < 4.78 is 5.76. The first-order valence-electron chi connectivity index (χ1n) is 6.60. The van der Waals surface area contributed by atoms with E-state index in [2.05, 4.69) is 4.98 Å². The van der Waals surface area contributed by atoms with Gasteiger partial charge in [0.25, 0.3) is 0 Å². The summed E-state index contributed by atoms with van der Waals surface area (Å²) in [4.78, 5) is 21.3. The molecule has 1 heterocycles. The Balaban J connectivity index is 2.16. The molecule has 22 heavy (non-hydrogen) atoms. The normalized spacial score (nSPS) is 10.9. The van der Waals surface area contributed by atoms with Crippen LogP contribution in [0.2, 0.25) is 5.02 Å². The summed E-state index contributed by atoms with van der Waals surface area (Å²) in [6.45, 7) is 1.42. The van der Waals surface area contributed by atoms with Crippen LogP contribution in [0.5, 0.6) is 0 Å². The summed E-state index contributed by atoms with van der Waals surface area (Å²) in [5, 5.41) is 1.77. The zero-order chi connectivity index (χ0) is 15.7. The molecule has 3 rings (SSSR count). The molecule has 0 aliphatic carbocycles. The Hall–Kier alpha value is -2.37. The monoisotopic (exact) mass is 316 g/mol. The molecule has 5 nitrogen and oxygen atoms in total. The van der Waals surface area contributed by atoms with E-state index in [1.807, 2.05) is 18.2 Å². The average Bonchev–Trinajstić information content (AvgIpc) is 2.91. The molecule has 0 aliphatic rings. The van der Waals surface area contributed by atoms with Crippen LogP contribution in [0.15, 0.2) is 46.9 Å². The quantitative estimate of drug-likeness (QED) is 0.684. The first-order chi connectivity index (χ1) is 10.6. The van der Waals surface area contributed by atoms with E-state index < -0.39 is 0 Å². The van der Waals surface area contributed by atoms with E-state index in [1.54, 1.807) is 24.3 Å². The third-order valence-corrected chi connectivity index (χ3v) is 3.41. The molecule has 0 spiro atoms. The third-order valence-electron chi connectivity index (χ3n) is 3.17. The highest BCUT2D eigenvalue weighted by molar-refractivity contribution is 6.31. The van der Waals surface area contributed by atoms with Crippen molar-refractivity contribution in [1.82, 2.24) is 4.98 Å². The van der Waals surface area contributed by atoms with Crippen LogP contribution in [-0.4, -0.2) is 18.0 Å². The molecule has 0 fully saturated rings. The minimum atomic E-state index is -0.242. The lowest BCUT2D eigenvalue weighted by atomic mass is 10.1. The molecule has 0 radical (unpaired) electrons. The summed E-state index contributed by atoms with van der Waals surface area (Å²) >= 11 is 5.96. The summed E-state index contributed by atoms with van der Waals surface area (Å²) in [7, 11) is 1.43. The highest BCUT2D eigenvalue weighted by Crippen LogP contribution is 2.33. The summed E-state index contributed by atoms with van der Waals surface area (Å²) in [5.41, 5.74) is 2.51. The summed E-state index contributed by atoms with van der Waals surface area (Å²) in [5.74, 6) is 0.158. The fraction of sp³-hybridized carbons (Fsp3) is 0.125. The number of benzene rings is 2.